The van der Waals surface area contributed by atoms with Crippen LogP contribution >= 0.6 is 0 Å². The summed E-state index contributed by atoms with van der Waals surface area (Å²) < 4.78 is 7.20. The fourth-order valence-corrected chi connectivity index (χ4v) is 2.61. The van der Waals surface area contributed by atoms with Crippen molar-refractivity contribution in [2.45, 2.75) is 19.9 Å². The Morgan fingerprint density at radius 3 is 3.21 bits per heavy atom. The molecule has 0 aromatic carbocycles. The van der Waals surface area contributed by atoms with Gasteiger partial charge in [-0.15, -0.1) is 0 Å². The number of fused-ring (bicyclic) bond motifs is 1. The number of hydrogen-bond acceptors (Lipinski definition) is 4. The summed E-state index contributed by atoms with van der Waals surface area (Å²) in [5.74, 6) is 0.664. The maximum Gasteiger partial charge on any atom is 0.157 e. The Morgan fingerprint density at radius 1 is 1.53 bits per heavy atom. The van der Waals surface area contributed by atoms with E-state index in [2.05, 4.69) is 21.5 Å². The molecule has 0 bridgehead atoms. The zero-order chi connectivity index (χ0) is 13.2. The molecule has 0 saturated carbocycles. The van der Waals surface area contributed by atoms with E-state index < -0.39 is 0 Å². The molecule has 3 heterocycles. The number of nitrogens with zero attached hydrogens (tertiary/aromatic N) is 3. The highest BCUT2D eigenvalue weighted by molar-refractivity contribution is 5.78. The van der Waals surface area contributed by atoms with Gasteiger partial charge in [0.2, 0.25) is 0 Å². The van der Waals surface area contributed by atoms with Gasteiger partial charge in [0.25, 0.3) is 0 Å². The van der Waals surface area contributed by atoms with Crippen molar-refractivity contribution < 1.29 is 4.74 Å². The average molecular weight is 260 g/mol. The number of nitrogens with one attached hydrogen (secondary N) is 1. The van der Waals surface area contributed by atoms with E-state index in [-0.39, 0.29) is 0 Å². The van der Waals surface area contributed by atoms with E-state index >= 15 is 0 Å². The zero-order valence-electron chi connectivity index (χ0n) is 11.5. The lowest BCUT2D eigenvalue weighted by Crippen LogP contribution is -2.22. The van der Waals surface area contributed by atoms with Crippen molar-refractivity contribution in [3.8, 4) is 0 Å². The van der Waals surface area contributed by atoms with Crippen LogP contribution in [0.3, 0.4) is 0 Å². The molecule has 0 spiro atoms. The van der Waals surface area contributed by atoms with Crippen LogP contribution in [-0.4, -0.2) is 34.5 Å². The third-order valence-corrected chi connectivity index (χ3v) is 3.71. The summed E-state index contributed by atoms with van der Waals surface area (Å²) in [6.07, 6.45) is 3.10. The van der Waals surface area contributed by atoms with Gasteiger partial charge in [-0.3, -0.25) is 4.68 Å². The van der Waals surface area contributed by atoms with Gasteiger partial charge in [-0.2, -0.15) is 5.10 Å². The highest BCUT2D eigenvalue weighted by Crippen LogP contribution is 2.16. The third-order valence-electron chi connectivity index (χ3n) is 3.71. The third kappa shape index (κ3) is 2.62. The van der Waals surface area contributed by atoms with E-state index in [9.17, 15) is 0 Å². The van der Waals surface area contributed by atoms with Crippen LogP contribution in [0, 0.1) is 12.8 Å². The Hall–Kier alpha value is -1.46. The van der Waals surface area contributed by atoms with Gasteiger partial charge in [0.1, 0.15) is 0 Å². The fourth-order valence-electron chi connectivity index (χ4n) is 2.61. The minimum atomic E-state index is 0.664. The van der Waals surface area contributed by atoms with Crippen LogP contribution in [0.15, 0.2) is 12.3 Å². The van der Waals surface area contributed by atoms with Crippen molar-refractivity contribution in [2.24, 2.45) is 13.0 Å². The monoisotopic (exact) mass is 260 g/mol. The van der Waals surface area contributed by atoms with Gasteiger partial charge >= 0.3 is 0 Å². The molecule has 1 saturated heterocycles. The van der Waals surface area contributed by atoms with Crippen molar-refractivity contribution >= 4 is 11.0 Å². The normalized spacial score (nSPS) is 19.4. The van der Waals surface area contributed by atoms with Crippen molar-refractivity contribution in [2.75, 3.05) is 19.8 Å². The Labute approximate surface area is 113 Å². The molecule has 1 N–H and O–H groups in total. The number of pyridine rings is 1. The summed E-state index contributed by atoms with van der Waals surface area (Å²) >= 11 is 0. The molecule has 2 aromatic rings. The Kier molecular flexibility index (Phi) is 3.48. The molecule has 1 aliphatic rings. The summed E-state index contributed by atoms with van der Waals surface area (Å²) in [6, 6.07) is 2.18. The predicted octanol–water partition coefficient (Wildman–Crippen LogP) is 1.40. The van der Waals surface area contributed by atoms with Crippen LogP contribution in [0.5, 0.6) is 0 Å². The maximum absolute atomic E-state index is 5.37. The minimum absolute atomic E-state index is 0.664. The first-order valence-corrected chi connectivity index (χ1v) is 6.81. The van der Waals surface area contributed by atoms with E-state index in [4.69, 9.17) is 4.74 Å². The second-order valence-corrected chi connectivity index (χ2v) is 5.28. The van der Waals surface area contributed by atoms with Crippen molar-refractivity contribution in [3.05, 3.63) is 23.5 Å². The van der Waals surface area contributed by atoms with Gasteiger partial charge in [-0.05, 0) is 30.9 Å². The van der Waals surface area contributed by atoms with Gasteiger partial charge in [-0.1, -0.05) is 0 Å². The lowest BCUT2D eigenvalue weighted by atomic mass is 10.1. The van der Waals surface area contributed by atoms with Gasteiger partial charge in [0.15, 0.2) is 5.65 Å². The van der Waals surface area contributed by atoms with Gasteiger partial charge in [0.05, 0.1) is 12.3 Å². The highest BCUT2D eigenvalue weighted by atomic mass is 16.5. The lowest BCUT2D eigenvalue weighted by molar-refractivity contribution is 0.185. The average Bonchev–Trinajstić information content (AvgIpc) is 3.00. The summed E-state index contributed by atoms with van der Waals surface area (Å²) in [4.78, 5) is 4.49. The van der Waals surface area contributed by atoms with Crippen LogP contribution in [0.25, 0.3) is 11.0 Å². The molecule has 0 aliphatic carbocycles. The number of ether oxygens (including phenoxy) is 1. The molecular formula is C14H20N4O. The predicted molar refractivity (Wildman–Crippen MR) is 73.9 cm³/mol. The van der Waals surface area contributed by atoms with Crippen LogP contribution in [0.2, 0.25) is 0 Å². The first kappa shape index (κ1) is 12.6. The van der Waals surface area contributed by atoms with Crippen LogP contribution < -0.4 is 5.32 Å². The lowest BCUT2D eigenvalue weighted by Gasteiger charge is -2.09. The molecule has 5 nitrogen and oxygen atoms in total. The molecular weight excluding hydrogens is 240 g/mol. The molecule has 1 aliphatic heterocycles. The van der Waals surface area contributed by atoms with E-state index in [0.29, 0.717) is 5.92 Å². The van der Waals surface area contributed by atoms with E-state index in [1.165, 1.54) is 12.0 Å². The van der Waals surface area contributed by atoms with E-state index in [0.717, 1.165) is 43.0 Å². The molecule has 1 atom stereocenters. The standard InChI is InChI=1S/C14H20N4O/c1-10-13-5-12(8-16-14(13)18(2)17-10)7-15-6-11-3-4-19-9-11/h5,8,11,15H,3-4,6-7,9H2,1-2H3. The molecule has 1 fully saturated rings. The van der Waals surface area contributed by atoms with Gasteiger partial charge in [0, 0.05) is 38.3 Å². The Balaban J connectivity index is 1.65. The topological polar surface area (TPSA) is 52.0 Å². The first-order valence-electron chi connectivity index (χ1n) is 6.81. The second kappa shape index (κ2) is 5.27. The number of rotatable bonds is 4. The van der Waals surface area contributed by atoms with Crippen LogP contribution in [-0.2, 0) is 18.3 Å². The molecule has 102 valence electrons. The molecule has 3 rings (SSSR count). The Bertz CT molecular complexity index is 572. The highest BCUT2D eigenvalue weighted by Gasteiger charge is 2.14. The molecule has 1 unspecified atom stereocenters. The maximum atomic E-state index is 5.37. The molecule has 5 heteroatoms. The molecule has 19 heavy (non-hydrogen) atoms. The van der Waals surface area contributed by atoms with Crippen molar-refractivity contribution in [1.82, 2.24) is 20.1 Å². The van der Waals surface area contributed by atoms with E-state index in [1.54, 1.807) is 0 Å². The van der Waals surface area contributed by atoms with Gasteiger partial charge in [-0.25, -0.2) is 4.98 Å². The van der Waals surface area contributed by atoms with E-state index in [1.807, 2.05) is 24.9 Å². The van der Waals surface area contributed by atoms with Crippen molar-refractivity contribution in [3.63, 3.8) is 0 Å². The summed E-state index contributed by atoms with van der Waals surface area (Å²) in [6.45, 7) is 5.70. The molecule has 2 aromatic heterocycles. The second-order valence-electron chi connectivity index (χ2n) is 5.28. The molecule has 0 amide bonds. The Morgan fingerprint density at radius 2 is 2.42 bits per heavy atom. The number of hydrogen-bond donors (Lipinski definition) is 1. The summed E-state index contributed by atoms with van der Waals surface area (Å²) in [5.41, 5.74) is 3.20. The quantitative estimate of drug-likeness (QED) is 0.903. The largest absolute Gasteiger partial charge is 0.381 e. The number of aromatic nitrogens is 3. The smallest absolute Gasteiger partial charge is 0.157 e. The fraction of sp³-hybridized carbons (Fsp3) is 0.571. The summed E-state index contributed by atoms with van der Waals surface area (Å²) in [7, 11) is 1.93. The number of aryl methyl sites for hydroxylation is 2. The SMILES string of the molecule is Cc1nn(C)c2ncc(CNCC3CCOC3)cc12. The summed E-state index contributed by atoms with van der Waals surface area (Å²) in [5, 5.41) is 9.02. The minimum Gasteiger partial charge on any atom is -0.381 e. The van der Waals surface area contributed by atoms with Crippen LogP contribution in [0.4, 0.5) is 0 Å². The van der Waals surface area contributed by atoms with Crippen molar-refractivity contribution in [1.29, 1.82) is 0 Å². The first-order chi connectivity index (χ1) is 9.24. The molecule has 0 radical (unpaired) electrons. The van der Waals surface area contributed by atoms with Crippen LogP contribution in [0.1, 0.15) is 17.7 Å². The zero-order valence-corrected chi connectivity index (χ0v) is 11.5. The van der Waals surface area contributed by atoms with Gasteiger partial charge < -0.3 is 10.1 Å².